The summed E-state index contributed by atoms with van der Waals surface area (Å²) in [4.78, 5) is 24.2. The quantitative estimate of drug-likeness (QED) is 0.0335. The molecule has 3 fully saturated rings. The van der Waals surface area contributed by atoms with E-state index >= 15 is 0 Å². The Hall–Kier alpha value is -0.870. The first-order valence-electron chi connectivity index (χ1n) is 19.8. The number of hydrogen-bond acceptors (Lipinski definition) is 21. The van der Waals surface area contributed by atoms with E-state index in [1.54, 1.807) is 52.2 Å². The van der Waals surface area contributed by atoms with E-state index < -0.39 is 80.2 Å². The molecule has 60 heavy (non-hydrogen) atoms. The molecule has 3 aliphatic rings. The summed E-state index contributed by atoms with van der Waals surface area (Å²) >= 11 is 8.70. The number of hydrogen-bond donors (Lipinski definition) is 7. The Morgan fingerprint density at radius 2 is 1.53 bits per heavy atom. The largest absolute Gasteiger partial charge is 0.463 e. The molecular formula is C38H59NO16S5. The summed E-state index contributed by atoms with van der Waals surface area (Å²) < 4.78 is 46.3. The number of carbonyl (C=O) groups is 2. The van der Waals surface area contributed by atoms with Gasteiger partial charge in [0.1, 0.15) is 59.0 Å². The van der Waals surface area contributed by atoms with Gasteiger partial charge in [0.25, 0.3) is 0 Å². The van der Waals surface area contributed by atoms with E-state index in [1.807, 2.05) is 38.1 Å². The van der Waals surface area contributed by atoms with Gasteiger partial charge in [0.2, 0.25) is 5.91 Å². The number of carbonyl (C=O) groups excluding carboxylic acids is 2. The number of benzene rings is 1. The molecule has 1 aromatic carbocycles. The van der Waals surface area contributed by atoms with Crippen LogP contribution >= 0.6 is 57.3 Å². The number of thioether (sulfide) groups is 2. The number of ether oxygens (including phenoxy) is 8. The van der Waals surface area contributed by atoms with Crippen molar-refractivity contribution in [3.05, 3.63) is 35.4 Å². The highest BCUT2D eigenvalue weighted by Crippen LogP contribution is 2.37. The van der Waals surface area contributed by atoms with E-state index in [4.69, 9.17) is 50.1 Å². The Bertz CT molecular complexity index is 1440. The zero-order valence-electron chi connectivity index (χ0n) is 33.8. The molecule has 3 aliphatic heterocycles. The first-order valence-corrected chi connectivity index (χ1v) is 24.7. The second-order valence-electron chi connectivity index (χ2n) is 14.1. The van der Waals surface area contributed by atoms with Crippen molar-refractivity contribution in [2.45, 2.75) is 100 Å². The number of nitrogens with one attached hydrogen (secondary N) is 1. The van der Waals surface area contributed by atoms with E-state index in [0.717, 1.165) is 26.4 Å². The summed E-state index contributed by atoms with van der Waals surface area (Å²) in [5.74, 6) is 2.30. The molecule has 3 saturated heterocycles. The molecule has 1 amide bonds. The smallest absolute Gasteiger partial charge is 0.308 e. The van der Waals surface area contributed by atoms with Crippen molar-refractivity contribution >= 4 is 72.7 Å². The first-order chi connectivity index (χ1) is 28.9. The van der Waals surface area contributed by atoms with E-state index in [0.29, 0.717) is 44.0 Å². The lowest BCUT2D eigenvalue weighted by molar-refractivity contribution is -0.399. The lowest BCUT2D eigenvalue weighted by Crippen LogP contribution is -2.65. The monoisotopic (exact) mass is 945 g/mol. The molecule has 22 heteroatoms. The van der Waals surface area contributed by atoms with Gasteiger partial charge < -0.3 is 73.9 Å². The van der Waals surface area contributed by atoms with Crippen LogP contribution in [0.25, 0.3) is 0 Å². The van der Waals surface area contributed by atoms with Gasteiger partial charge in [0, 0.05) is 36.3 Å². The average molecular weight is 946 g/mol. The Morgan fingerprint density at radius 3 is 2.23 bits per heavy atom. The van der Waals surface area contributed by atoms with Gasteiger partial charge in [-0.25, -0.2) is 0 Å². The average Bonchev–Trinajstić information content (AvgIpc) is 3.25. The fourth-order valence-corrected chi connectivity index (χ4v) is 10.6. The summed E-state index contributed by atoms with van der Waals surface area (Å²) in [6.45, 7) is 4.90. The van der Waals surface area contributed by atoms with Crippen LogP contribution in [0.15, 0.2) is 24.3 Å². The van der Waals surface area contributed by atoms with Gasteiger partial charge in [0.15, 0.2) is 18.9 Å². The van der Waals surface area contributed by atoms with E-state index in [9.17, 15) is 40.2 Å². The topological polar surface area (TPSA) is 241 Å². The van der Waals surface area contributed by atoms with Crippen LogP contribution in [0.5, 0.6) is 0 Å². The van der Waals surface area contributed by atoms with Crippen LogP contribution < -0.4 is 5.32 Å². The SMILES string of the molecule is CCSC(=S)SCC(CC(C)C(=O)OCCOCCOCCSSCCC(=O)NC)c1ccc(C2OC[C@H]3O[C@H](O[C@H]4O[C@H](CO)[C@@H](O)[C@H](O)[C@H]4O)[C@H](O)[C@@H](O)[C@@H]3O2)cc1. The maximum Gasteiger partial charge on any atom is 0.308 e. The summed E-state index contributed by atoms with van der Waals surface area (Å²) in [7, 11) is 4.92. The van der Waals surface area contributed by atoms with Crippen molar-refractivity contribution in [1.29, 1.82) is 0 Å². The summed E-state index contributed by atoms with van der Waals surface area (Å²) in [5.41, 5.74) is 1.62. The van der Waals surface area contributed by atoms with Gasteiger partial charge >= 0.3 is 5.97 Å². The van der Waals surface area contributed by atoms with Crippen LogP contribution in [0.3, 0.4) is 0 Å². The number of rotatable bonds is 24. The number of thiocarbonyl (C=S) groups is 1. The zero-order chi connectivity index (χ0) is 43.6. The van der Waals surface area contributed by atoms with Crippen LogP contribution in [0.4, 0.5) is 0 Å². The molecule has 3 unspecified atom stereocenters. The maximum atomic E-state index is 13.0. The maximum absolute atomic E-state index is 13.0. The lowest BCUT2D eigenvalue weighted by atomic mass is 9.90. The number of fused-ring (bicyclic) bond motifs is 1. The van der Waals surface area contributed by atoms with Crippen molar-refractivity contribution in [3.63, 3.8) is 0 Å². The second-order valence-corrected chi connectivity index (χ2v) is 20.3. The Labute approximate surface area is 372 Å². The molecule has 0 radical (unpaired) electrons. The highest BCUT2D eigenvalue weighted by molar-refractivity contribution is 8.76. The normalized spacial score (nSPS) is 30.2. The molecule has 4 rings (SSSR count). The summed E-state index contributed by atoms with van der Waals surface area (Å²) in [5, 5.41) is 64.6. The summed E-state index contributed by atoms with van der Waals surface area (Å²) in [6.07, 6.45) is -14.4. The van der Waals surface area contributed by atoms with Gasteiger partial charge in [-0.1, -0.05) is 71.9 Å². The molecule has 7 N–H and O–H groups in total. The third-order valence-corrected chi connectivity index (χ3v) is 14.9. The minimum atomic E-state index is -1.73. The van der Waals surface area contributed by atoms with Crippen molar-refractivity contribution in [2.24, 2.45) is 5.92 Å². The highest BCUT2D eigenvalue weighted by Gasteiger charge is 2.52. The van der Waals surface area contributed by atoms with Crippen LogP contribution in [0.2, 0.25) is 0 Å². The Kier molecular flexibility index (Phi) is 23.7. The Morgan fingerprint density at radius 1 is 0.867 bits per heavy atom. The molecule has 13 atom stereocenters. The summed E-state index contributed by atoms with van der Waals surface area (Å²) in [6, 6.07) is 7.54. The molecule has 3 heterocycles. The van der Waals surface area contributed by atoms with Crippen LogP contribution in [-0.4, -0.2) is 184 Å². The first kappa shape index (κ1) is 51.8. The van der Waals surface area contributed by atoms with Crippen molar-refractivity contribution in [3.8, 4) is 0 Å². The third-order valence-electron chi connectivity index (χ3n) is 9.76. The fourth-order valence-electron chi connectivity index (χ4n) is 6.38. The Balaban J connectivity index is 1.23. The standard InChI is InChI=1S/C38H59NO16S5/c1-4-57-38(56)58-20-24(17-21(2)34(47)50-13-12-48-10-11-49-14-16-60-59-15-9-27(41)39-3)22-5-7-23(8-6-22)35-51-19-26-33(54-35)30(44)32(46)37(53-26)55-36-31(45)29(43)28(42)25(18-40)52-36/h5-8,21,24-26,28-33,35-37,40,42-46H,4,9-20H2,1-3H3,(H,39,41)/t21?,24?,25-,26-,28-,29+,30-,31-,32-,33-,35?,36-,37-/m1/s1. The predicted molar refractivity (Wildman–Crippen MR) is 231 cm³/mol. The van der Waals surface area contributed by atoms with Crippen LogP contribution in [-0.2, 0) is 47.5 Å². The minimum Gasteiger partial charge on any atom is -0.463 e. The van der Waals surface area contributed by atoms with Crippen molar-refractivity contribution < 1.29 is 78.1 Å². The zero-order valence-corrected chi connectivity index (χ0v) is 37.9. The van der Waals surface area contributed by atoms with E-state index in [-0.39, 0.29) is 37.6 Å². The molecule has 0 bridgehead atoms. The fraction of sp³-hybridized carbons (Fsp3) is 0.763. The number of aliphatic hydroxyl groups excluding tert-OH is 6. The molecule has 0 aliphatic carbocycles. The van der Waals surface area contributed by atoms with Gasteiger partial charge in [-0.2, -0.15) is 0 Å². The van der Waals surface area contributed by atoms with Gasteiger partial charge in [-0.3, -0.25) is 9.59 Å². The highest BCUT2D eigenvalue weighted by atomic mass is 33.1. The molecule has 0 spiro atoms. The minimum absolute atomic E-state index is 0.0298. The molecule has 17 nitrogen and oxygen atoms in total. The van der Waals surface area contributed by atoms with Gasteiger partial charge in [0.05, 0.1) is 45.6 Å². The molecular weight excluding hydrogens is 887 g/mol. The van der Waals surface area contributed by atoms with Crippen molar-refractivity contribution in [2.75, 3.05) is 76.3 Å². The number of esters is 1. The molecule has 342 valence electrons. The second kappa shape index (κ2) is 27.5. The van der Waals surface area contributed by atoms with Crippen molar-refractivity contribution in [1.82, 2.24) is 5.32 Å². The van der Waals surface area contributed by atoms with Gasteiger partial charge in [-0.15, -0.1) is 23.5 Å². The lowest BCUT2D eigenvalue weighted by Gasteiger charge is -2.48. The third kappa shape index (κ3) is 16.0. The number of aliphatic hydroxyl groups is 6. The molecule has 0 aromatic heterocycles. The van der Waals surface area contributed by atoms with Crippen LogP contribution in [0, 0.1) is 5.92 Å². The van der Waals surface area contributed by atoms with E-state index in [2.05, 4.69) is 5.32 Å². The molecule has 0 saturated carbocycles. The van der Waals surface area contributed by atoms with E-state index in [1.165, 1.54) is 0 Å². The van der Waals surface area contributed by atoms with Gasteiger partial charge in [-0.05, 0) is 23.7 Å². The number of amides is 1. The molecule has 1 aromatic rings. The predicted octanol–water partition coefficient (Wildman–Crippen LogP) is 1.34. The van der Waals surface area contributed by atoms with Crippen LogP contribution in [0.1, 0.15) is 50.0 Å².